The molecule has 1 aliphatic heterocycles. The zero-order valence-corrected chi connectivity index (χ0v) is 11.7. The molecule has 0 aromatic heterocycles. The van der Waals surface area contributed by atoms with Crippen LogP contribution in [0.2, 0.25) is 0 Å². The van der Waals surface area contributed by atoms with E-state index in [0.29, 0.717) is 5.41 Å². The summed E-state index contributed by atoms with van der Waals surface area (Å²) in [5.74, 6) is 0. The highest BCUT2D eigenvalue weighted by Gasteiger charge is 2.33. The maximum Gasteiger partial charge on any atom is 0.0667 e. The molecule has 16 heavy (non-hydrogen) atoms. The summed E-state index contributed by atoms with van der Waals surface area (Å²) in [4.78, 5) is 2.49. The number of halogens is 1. The van der Waals surface area contributed by atoms with E-state index in [0.717, 1.165) is 18.3 Å². The predicted molar refractivity (Wildman–Crippen MR) is 71.0 cm³/mol. The Kier molecular flexibility index (Phi) is 4.68. The molecule has 0 bridgehead atoms. The van der Waals surface area contributed by atoms with Gasteiger partial charge in [0.1, 0.15) is 0 Å². The van der Waals surface area contributed by atoms with Crippen LogP contribution in [-0.2, 0) is 0 Å². The number of hydrogen-bond donors (Lipinski definition) is 1. The van der Waals surface area contributed by atoms with Gasteiger partial charge >= 0.3 is 0 Å². The van der Waals surface area contributed by atoms with Crippen molar-refractivity contribution < 1.29 is 5.11 Å². The standard InChI is InChI=1S/C13H24BrNO/c14-10-13(6-2-1-3-7-13)11-15-8-4-5-12(16)9-15/h12,16H,1-11H2. The predicted octanol–water partition coefficient (Wildman–Crippen LogP) is 2.79. The van der Waals surface area contributed by atoms with Gasteiger partial charge in [0.25, 0.3) is 0 Å². The molecule has 94 valence electrons. The van der Waals surface area contributed by atoms with Gasteiger partial charge in [-0.1, -0.05) is 35.2 Å². The van der Waals surface area contributed by atoms with Crippen LogP contribution < -0.4 is 0 Å². The van der Waals surface area contributed by atoms with Gasteiger partial charge in [-0.25, -0.2) is 0 Å². The molecule has 0 aromatic rings. The van der Waals surface area contributed by atoms with Crippen molar-refractivity contribution in [3.8, 4) is 0 Å². The van der Waals surface area contributed by atoms with Gasteiger partial charge in [-0.05, 0) is 37.6 Å². The Morgan fingerprint density at radius 1 is 1.19 bits per heavy atom. The molecule has 0 amide bonds. The van der Waals surface area contributed by atoms with Gasteiger partial charge in [0.05, 0.1) is 6.10 Å². The second-order valence-electron chi connectivity index (χ2n) is 5.73. The Morgan fingerprint density at radius 3 is 2.56 bits per heavy atom. The third-order valence-corrected chi connectivity index (χ3v) is 5.43. The molecule has 1 saturated carbocycles. The van der Waals surface area contributed by atoms with E-state index in [4.69, 9.17) is 0 Å². The fourth-order valence-electron chi connectivity index (χ4n) is 3.28. The van der Waals surface area contributed by atoms with Crippen LogP contribution in [0.4, 0.5) is 0 Å². The second-order valence-corrected chi connectivity index (χ2v) is 6.29. The molecule has 1 heterocycles. The van der Waals surface area contributed by atoms with Crippen LogP contribution >= 0.6 is 15.9 Å². The first-order valence-corrected chi connectivity index (χ1v) is 7.83. The van der Waals surface area contributed by atoms with E-state index in [1.54, 1.807) is 0 Å². The van der Waals surface area contributed by atoms with Crippen LogP contribution in [0.3, 0.4) is 0 Å². The van der Waals surface area contributed by atoms with E-state index in [9.17, 15) is 5.11 Å². The maximum atomic E-state index is 9.71. The monoisotopic (exact) mass is 289 g/mol. The van der Waals surface area contributed by atoms with Crippen molar-refractivity contribution in [3.05, 3.63) is 0 Å². The van der Waals surface area contributed by atoms with Gasteiger partial charge in [0.2, 0.25) is 0 Å². The quantitative estimate of drug-likeness (QED) is 0.808. The van der Waals surface area contributed by atoms with E-state index in [1.807, 2.05) is 0 Å². The average Bonchev–Trinajstić information content (AvgIpc) is 2.30. The minimum atomic E-state index is -0.0790. The Morgan fingerprint density at radius 2 is 1.94 bits per heavy atom. The summed E-state index contributed by atoms with van der Waals surface area (Å²) >= 11 is 3.72. The summed E-state index contributed by atoms with van der Waals surface area (Å²) in [6.07, 6.45) is 9.01. The summed E-state index contributed by atoms with van der Waals surface area (Å²) in [5, 5.41) is 10.8. The fourth-order valence-corrected chi connectivity index (χ4v) is 4.02. The van der Waals surface area contributed by atoms with E-state index in [1.165, 1.54) is 51.6 Å². The molecule has 2 fully saturated rings. The van der Waals surface area contributed by atoms with Crippen molar-refractivity contribution in [2.45, 2.75) is 51.0 Å². The fraction of sp³-hybridized carbons (Fsp3) is 1.00. The van der Waals surface area contributed by atoms with Crippen molar-refractivity contribution in [1.29, 1.82) is 0 Å². The van der Waals surface area contributed by atoms with Gasteiger partial charge in [-0.2, -0.15) is 0 Å². The molecule has 1 N–H and O–H groups in total. The first-order chi connectivity index (χ1) is 7.74. The number of β-amino-alcohol motifs (C(OH)–C–C–N with tert-alkyl or cyclic N) is 1. The summed E-state index contributed by atoms with van der Waals surface area (Å²) < 4.78 is 0. The van der Waals surface area contributed by atoms with Crippen LogP contribution in [0.1, 0.15) is 44.9 Å². The molecule has 1 unspecified atom stereocenters. The summed E-state index contributed by atoms with van der Waals surface area (Å²) in [6, 6.07) is 0. The Bertz CT molecular complexity index is 216. The smallest absolute Gasteiger partial charge is 0.0667 e. The number of aliphatic hydroxyl groups is 1. The number of rotatable bonds is 3. The molecule has 2 nitrogen and oxygen atoms in total. The number of aliphatic hydroxyl groups excluding tert-OH is 1. The SMILES string of the molecule is OC1CCCN(CC2(CBr)CCCCC2)C1. The molecule has 0 radical (unpaired) electrons. The molecule has 1 aliphatic carbocycles. The minimum absolute atomic E-state index is 0.0790. The van der Waals surface area contributed by atoms with Gasteiger partial charge in [-0.15, -0.1) is 0 Å². The zero-order chi connectivity index (χ0) is 11.4. The minimum Gasteiger partial charge on any atom is -0.392 e. The molecular formula is C13H24BrNO. The van der Waals surface area contributed by atoms with Crippen molar-refractivity contribution in [2.75, 3.05) is 25.0 Å². The average molecular weight is 290 g/mol. The van der Waals surface area contributed by atoms with Gasteiger partial charge < -0.3 is 10.0 Å². The summed E-state index contributed by atoms with van der Waals surface area (Å²) in [7, 11) is 0. The summed E-state index contributed by atoms with van der Waals surface area (Å²) in [5.41, 5.74) is 0.495. The Hall–Kier alpha value is 0.400. The van der Waals surface area contributed by atoms with Gasteiger partial charge in [0.15, 0.2) is 0 Å². The van der Waals surface area contributed by atoms with Crippen LogP contribution in [-0.4, -0.2) is 41.1 Å². The topological polar surface area (TPSA) is 23.5 Å². The lowest BCUT2D eigenvalue weighted by Crippen LogP contribution is -2.46. The van der Waals surface area contributed by atoms with Gasteiger partial charge in [-0.3, -0.25) is 0 Å². The largest absolute Gasteiger partial charge is 0.392 e. The number of nitrogens with zero attached hydrogens (tertiary/aromatic N) is 1. The lowest BCUT2D eigenvalue weighted by Gasteiger charge is -2.42. The van der Waals surface area contributed by atoms with Crippen LogP contribution in [0, 0.1) is 5.41 Å². The highest BCUT2D eigenvalue weighted by Crippen LogP contribution is 2.39. The van der Waals surface area contributed by atoms with E-state index in [2.05, 4.69) is 20.8 Å². The van der Waals surface area contributed by atoms with Crippen LogP contribution in [0.15, 0.2) is 0 Å². The van der Waals surface area contributed by atoms with Gasteiger partial charge in [0, 0.05) is 18.4 Å². The third-order valence-electron chi connectivity index (χ3n) is 4.24. The molecule has 1 saturated heterocycles. The molecule has 3 heteroatoms. The third kappa shape index (κ3) is 3.21. The number of piperidine rings is 1. The molecule has 0 spiro atoms. The van der Waals surface area contributed by atoms with E-state index < -0.39 is 0 Å². The van der Waals surface area contributed by atoms with Crippen molar-refractivity contribution in [3.63, 3.8) is 0 Å². The Balaban J connectivity index is 1.89. The highest BCUT2D eigenvalue weighted by atomic mass is 79.9. The molecule has 2 rings (SSSR count). The molecular weight excluding hydrogens is 266 g/mol. The van der Waals surface area contributed by atoms with Crippen LogP contribution in [0.5, 0.6) is 0 Å². The lowest BCUT2D eigenvalue weighted by molar-refractivity contribution is 0.0387. The van der Waals surface area contributed by atoms with Crippen molar-refractivity contribution in [2.24, 2.45) is 5.41 Å². The van der Waals surface area contributed by atoms with Crippen molar-refractivity contribution in [1.82, 2.24) is 4.90 Å². The first kappa shape index (κ1) is 12.8. The summed E-state index contributed by atoms with van der Waals surface area (Å²) in [6.45, 7) is 3.27. The molecule has 2 aliphatic rings. The number of likely N-dealkylation sites (tertiary alicyclic amines) is 1. The zero-order valence-electron chi connectivity index (χ0n) is 10.1. The van der Waals surface area contributed by atoms with E-state index in [-0.39, 0.29) is 6.10 Å². The normalized spacial score (nSPS) is 31.5. The molecule has 0 aromatic carbocycles. The van der Waals surface area contributed by atoms with Crippen molar-refractivity contribution >= 4 is 15.9 Å². The highest BCUT2D eigenvalue weighted by molar-refractivity contribution is 9.09. The number of hydrogen-bond acceptors (Lipinski definition) is 2. The van der Waals surface area contributed by atoms with Crippen LogP contribution in [0.25, 0.3) is 0 Å². The van der Waals surface area contributed by atoms with E-state index >= 15 is 0 Å². The number of alkyl halides is 1. The first-order valence-electron chi connectivity index (χ1n) is 6.70. The molecule has 1 atom stereocenters. The maximum absolute atomic E-state index is 9.71. The lowest BCUT2D eigenvalue weighted by atomic mass is 9.75. The Labute approximate surface area is 108 Å². The second kappa shape index (κ2) is 5.83.